The lowest BCUT2D eigenvalue weighted by Crippen LogP contribution is -2.13. The Bertz CT molecular complexity index is 177. The van der Waals surface area contributed by atoms with E-state index < -0.39 is 5.50 Å². The lowest BCUT2D eigenvalue weighted by atomic mass is 10.4. The first kappa shape index (κ1) is 8.49. The van der Waals surface area contributed by atoms with Gasteiger partial charge in [0.05, 0.1) is 12.1 Å². The first-order chi connectivity index (χ1) is 5.20. The number of carbonyl (C=O) groups is 1. The van der Waals surface area contributed by atoms with Crippen molar-refractivity contribution in [1.82, 2.24) is 0 Å². The third-order valence-corrected chi connectivity index (χ3v) is 1.37. The number of rotatable bonds is 3. The molecule has 1 atom stereocenters. The highest BCUT2D eigenvalue weighted by Gasteiger charge is 2.31. The molecule has 0 radical (unpaired) electrons. The maximum Gasteiger partial charge on any atom is 0.338 e. The summed E-state index contributed by atoms with van der Waals surface area (Å²) in [7, 11) is 0. The van der Waals surface area contributed by atoms with E-state index in [-0.39, 0.29) is 11.9 Å². The second-order valence-corrected chi connectivity index (χ2v) is 2.89. The molecule has 2 N–H and O–H groups in total. The number of hydrogen-bond donors (Lipinski definition) is 1. The van der Waals surface area contributed by atoms with Gasteiger partial charge in [-0.3, -0.25) is 0 Å². The van der Waals surface area contributed by atoms with Gasteiger partial charge in [0.1, 0.15) is 5.50 Å². The third-order valence-electron chi connectivity index (χ3n) is 1.26. The minimum Gasteiger partial charge on any atom is -0.318 e. The van der Waals surface area contributed by atoms with Crippen molar-refractivity contribution in [2.75, 3.05) is 0 Å². The monoisotopic (exact) mass is 176 g/mol. The van der Waals surface area contributed by atoms with Gasteiger partial charge in [-0.25, -0.2) is 4.79 Å². The van der Waals surface area contributed by atoms with Crippen LogP contribution in [0.1, 0.15) is 12.8 Å². The Labute approximate surface area is 69.3 Å². The number of nitrogens with two attached hydrogens (primary N) is 1. The van der Waals surface area contributed by atoms with Gasteiger partial charge in [-0.1, -0.05) is 16.8 Å². The number of carbonyl (C=O) groups excluding carboxylic acids is 1. The number of hydrogen-bond acceptors (Lipinski definition) is 4. The van der Waals surface area contributed by atoms with Gasteiger partial charge in [-0.05, 0) is 12.8 Å². The van der Waals surface area contributed by atoms with Crippen molar-refractivity contribution in [1.29, 1.82) is 0 Å². The molecule has 0 aromatic rings. The van der Waals surface area contributed by atoms with E-state index >= 15 is 0 Å². The van der Waals surface area contributed by atoms with Crippen LogP contribution in [0.15, 0.2) is 5.16 Å². The Morgan fingerprint density at radius 2 is 2.45 bits per heavy atom. The van der Waals surface area contributed by atoms with Crippen LogP contribution < -0.4 is 5.73 Å². The summed E-state index contributed by atoms with van der Waals surface area (Å²) in [6, 6.07) is 0. The van der Waals surface area contributed by atoms with Crippen LogP contribution in [0.25, 0.3) is 0 Å². The van der Waals surface area contributed by atoms with Gasteiger partial charge in [-0.2, -0.15) is 0 Å². The van der Waals surface area contributed by atoms with Crippen LogP contribution in [0.4, 0.5) is 0 Å². The van der Waals surface area contributed by atoms with Gasteiger partial charge in [0.25, 0.3) is 0 Å². The molecule has 0 aliphatic heterocycles. The summed E-state index contributed by atoms with van der Waals surface area (Å²) in [5.74, 6) is -0.239. The fourth-order valence-corrected chi connectivity index (χ4v) is 0.580. The van der Waals surface area contributed by atoms with Crippen LogP contribution in [-0.2, 0) is 9.63 Å². The Kier molecular flexibility index (Phi) is 2.84. The smallest absolute Gasteiger partial charge is 0.318 e. The summed E-state index contributed by atoms with van der Waals surface area (Å²) < 4.78 is 0. The topological polar surface area (TPSA) is 64.7 Å². The van der Waals surface area contributed by atoms with Crippen LogP contribution in [0.2, 0.25) is 0 Å². The molecule has 5 heteroatoms. The Morgan fingerprint density at radius 3 is 2.91 bits per heavy atom. The molecular weight excluding hydrogens is 168 g/mol. The van der Waals surface area contributed by atoms with Gasteiger partial charge < -0.3 is 10.6 Å². The molecule has 1 fully saturated rings. The Balaban J connectivity index is 2.15. The number of alkyl halides is 1. The molecule has 1 aliphatic rings. The van der Waals surface area contributed by atoms with E-state index in [4.69, 9.17) is 17.3 Å². The van der Waals surface area contributed by atoms with Crippen LogP contribution >= 0.6 is 11.6 Å². The van der Waals surface area contributed by atoms with Gasteiger partial charge >= 0.3 is 5.97 Å². The first-order valence-corrected chi connectivity index (χ1v) is 3.78. The van der Waals surface area contributed by atoms with E-state index in [2.05, 4.69) is 9.99 Å². The standard InChI is InChI=1S/C6H9ClN2O2/c7-5(8)3-9-11-6(10)4-1-2-4/h3-5H,1-2,8H2/t5-/m1/s1. The van der Waals surface area contributed by atoms with Crippen molar-refractivity contribution in [3.63, 3.8) is 0 Å². The molecule has 1 saturated carbocycles. The number of oxime groups is 1. The lowest BCUT2D eigenvalue weighted by molar-refractivity contribution is -0.145. The molecule has 0 heterocycles. The van der Waals surface area contributed by atoms with Gasteiger partial charge in [-0.15, -0.1) is 0 Å². The predicted molar refractivity (Wildman–Crippen MR) is 41.1 cm³/mol. The fourth-order valence-electron chi connectivity index (χ4n) is 0.534. The third kappa shape index (κ3) is 3.34. The molecule has 11 heavy (non-hydrogen) atoms. The number of halogens is 1. The van der Waals surface area contributed by atoms with Crippen molar-refractivity contribution in [2.45, 2.75) is 18.3 Å². The van der Waals surface area contributed by atoms with Crippen LogP contribution in [-0.4, -0.2) is 17.7 Å². The van der Waals surface area contributed by atoms with E-state index in [0.717, 1.165) is 12.8 Å². The molecule has 62 valence electrons. The zero-order chi connectivity index (χ0) is 8.27. The van der Waals surface area contributed by atoms with Gasteiger partial charge in [0.2, 0.25) is 0 Å². The summed E-state index contributed by atoms with van der Waals surface area (Å²) >= 11 is 5.29. The lowest BCUT2D eigenvalue weighted by Gasteiger charge is -1.93. The molecule has 0 bridgehead atoms. The van der Waals surface area contributed by atoms with E-state index in [0.29, 0.717) is 0 Å². The SMILES string of the molecule is N[C@@H](Cl)C=NOC(=O)C1CC1. The van der Waals surface area contributed by atoms with Gasteiger partial charge in [0.15, 0.2) is 0 Å². The summed E-state index contributed by atoms with van der Waals surface area (Å²) in [4.78, 5) is 15.2. The van der Waals surface area contributed by atoms with Crippen molar-refractivity contribution < 1.29 is 9.63 Å². The summed E-state index contributed by atoms with van der Waals surface area (Å²) in [5.41, 5.74) is 4.40. The summed E-state index contributed by atoms with van der Waals surface area (Å²) in [6.07, 6.45) is 2.98. The molecule has 0 aromatic heterocycles. The van der Waals surface area contributed by atoms with Crippen molar-refractivity contribution in [3.8, 4) is 0 Å². The molecule has 0 amide bonds. The Morgan fingerprint density at radius 1 is 1.82 bits per heavy atom. The maximum atomic E-state index is 10.8. The first-order valence-electron chi connectivity index (χ1n) is 3.34. The molecular formula is C6H9ClN2O2. The minimum atomic E-state index is -0.693. The molecule has 1 rings (SSSR count). The highest BCUT2D eigenvalue weighted by atomic mass is 35.5. The van der Waals surface area contributed by atoms with Crippen LogP contribution in [0.3, 0.4) is 0 Å². The van der Waals surface area contributed by atoms with Crippen LogP contribution in [0.5, 0.6) is 0 Å². The maximum absolute atomic E-state index is 10.8. The van der Waals surface area contributed by atoms with Gasteiger partial charge in [0, 0.05) is 0 Å². The predicted octanol–water partition coefficient (Wildman–Crippen LogP) is 0.449. The average molecular weight is 177 g/mol. The molecule has 0 saturated heterocycles. The quantitative estimate of drug-likeness (QED) is 0.223. The second kappa shape index (κ2) is 3.69. The Hall–Kier alpha value is -0.610. The van der Waals surface area contributed by atoms with E-state index in [1.165, 1.54) is 6.21 Å². The molecule has 1 aliphatic carbocycles. The summed E-state index contributed by atoms with van der Waals surface area (Å²) in [6.45, 7) is 0. The van der Waals surface area contributed by atoms with Crippen molar-refractivity contribution in [3.05, 3.63) is 0 Å². The summed E-state index contributed by atoms with van der Waals surface area (Å²) in [5, 5.41) is 3.30. The fraction of sp³-hybridized carbons (Fsp3) is 0.667. The van der Waals surface area contributed by atoms with Crippen molar-refractivity contribution >= 4 is 23.8 Å². The average Bonchev–Trinajstić information content (AvgIpc) is 2.66. The second-order valence-electron chi connectivity index (χ2n) is 2.38. The normalized spacial score (nSPS) is 20.2. The minimum absolute atomic E-state index is 0.0544. The van der Waals surface area contributed by atoms with E-state index in [1.54, 1.807) is 0 Å². The number of nitrogens with zero attached hydrogens (tertiary/aromatic N) is 1. The van der Waals surface area contributed by atoms with E-state index in [1.807, 2.05) is 0 Å². The zero-order valence-electron chi connectivity index (χ0n) is 5.87. The van der Waals surface area contributed by atoms with Crippen molar-refractivity contribution in [2.24, 2.45) is 16.8 Å². The highest BCUT2D eigenvalue weighted by Crippen LogP contribution is 2.29. The van der Waals surface area contributed by atoms with Crippen LogP contribution in [0, 0.1) is 5.92 Å². The zero-order valence-corrected chi connectivity index (χ0v) is 6.62. The molecule has 0 aromatic carbocycles. The highest BCUT2D eigenvalue weighted by molar-refractivity contribution is 6.27. The molecule has 4 nitrogen and oxygen atoms in total. The molecule has 0 spiro atoms. The van der Waals surface area contributed by atoms with E-state index in [9.17, 15) is 4.79 Å². The molecule has 0 unspecified atom stereocenters. The largest absolute Gasteiger partial charge is 0.338 e.